The highest BCUT2D eigenvalue weighted by Gasteiger charge is 2.37. The number of hydrogen-bond acceptors (Lipinski definition) is 5. The number of sulfonamides is 1. The Balaban J connectivity index is 1.60. The van der Waals surface area contributed by atoms with Crippen molar-refractivity contribution in [3.63, 3.8) is 0 Å². The fraction of sp³-hybridized carbons (Fsp3) is 0.389. The van der Waals surface area contributed by atoms with Crippen molar-refractivity contribution < 1.29 is 22.7 Å². The van der Waals surface area contributed by atoms with Crippen molar-refractivity contribution in [1.29, 1.82) is 0 Å². The highest BCUT2D eigenvalue weighted by Crippen LogP contribution is 2.37. The van der Waals surface area contributed by atoms with Gasteiger partial charge in [0.25, 0.3) is 0 Å². The molecular weight excluding hydrogens is 359 g/mol. The number of nitrogens with one attached hydrogen (secondary N) is 1. The topological polar surface area (TPSA) is 88.5 Å². The van der Waals surface area contributed by atoms with Crippen molar-refractivity contribution in [2.45, 2.75) is 25.0 Å². The van der Waals surface area contributed by atoms with Gasteiger partial charge >= 0.3 is 0 Å². The van der Waals surface area contributed by atoms with Crippen LogP contribution in [0, 0.1) is 11.7 Å². The molecule has 1 aromatic carbocycles. The monoisotopic (exact) mass is 380 g/mol. The van der Waals surface area contributed by atoms with Gasteiger partial charge in [-0.05, 0) is 55.2 Å². The molecule has 2 N–H and O–H groups in total. The molecule has 0 bridgehead atoms. The predicted molar refractivity (Wildman–Crippen MR) is 94.5 cm³/mol. The molecule has 8 heteroatoms. The minimum Gasteiger partial charge on any atom is -0.492 e. The fourth-order valence-corrected chi connectivity index (χ4v) is 4.03. The molecule has 1 aliphatic rings. The molecule has 26 heavy (non-hydrogen) atoms. The number of aromatic nitrogens is 1. The number of ether oxygens (including phenoxy) is 1. The van der Waals surface area contributed by atoms with E-state index in [0.717, 1.165) is 0 Å². The van der Waals surface area contributed by atoms with Crippen LogP contribution in [0.2, 0.25) is 0 Å². The number of benzene rings is 1. The van der Waals surface area contributed by atoms with E-state index >= 15 is 0 Å². The molecule has 3 rings (SSSR count). The van der Waals surface area contributed by atoms with Crippen molar-refractivity contribution in [3.8, 4) is 5.75 Å². The summed E-state index contributed by atoms with van der Waals surface area (Å²) in [6, 6.07) is 10.3. The summed E-state index contributed by atoms with van der Waals surface area (Å²) in [6.45, 7) is -0.0524. The summed E-state index contributed by atoms with van der Waals surface area (Å²) in [7, 11) is -3.62. The second-order valence-electron chi connectivity index (χ2n) is 6.36. The van der Waals surface area contributed by atoms with Crippen LogP contribution in [-0.2, 0) is 10.0 Å². The van der Waals surface area contributed by atoms with E-state index in [4.69, 9.17) is 4.74 Å². The van der Waals surface area contributed by atoms with E-state index in [1.807, 2.05) is 0 Å². The first kappa shape index (κ1) is 18.8. The Morgan fingerprint density at radius 3 is 2.58 bits per heavy atom. The molecule has 1 atom stereocenters. The van der Waals surface area contributed by atoms with Crippen LogP contribution in [0.25, 0.3) is 0 Å². The molecule has 0 saturated heterocycles. The maximum atomic E-state index is 12.9. The van der Waals surface area contributed by atoms with Crippen LogP contribution in [-0.4, -0.2) is 37.0 Å². The number of pyridine rings is 1. The number of aliphatic hydroxyl groups excluding tert-OH is 1. The van der Waals surface area contributed by atoms with E-state index in [1.165, 1.54) is 24.3 Å². The molecule has 140 valence electrons. The van der Waals surface area contributed by atoms with E-state index in [0.29, 0.717) is 24.3 Å². The lowest BCUT2D eigenvalue weighted by molar-refractivity contribution is 0.0273. The average Bonchev–Trinajstić information content (AvgIpc) is 2.60. The summed E-state index contributed by atoms with van der Waals surface area (Å²) in [6.07, 6.45) is 2.30. The molecule has 6 nitrogen and oxygen atoms in total. The SMILES string of the molecule is O=S(=O)(CCOc1ccc(F)cc1)N[C@H](c1ccccn1)C1CC(O)C1. The normalized spacial score (nSPS) is 21.0. The molecule has 1 heterocycles. The third-order valence-electron chi connectivity index (χ3n) is 4.37. The molecule has 1 aliphatic carbocycles. The van der Waals surface area contributed by atoms with Crippen LogP contribution in [0.4, 0.5) is 4.39 Å². The third kappa shape index (κ3) is 5.00. The summed E-state index contributed by atoms with van der Waals surface area (Å²) in [5.41, 5.74) is 0.632. The van der Waals surface area contributed by atoms with Gasteiger partial charge in [-0.15, -0.1) is 0 Å². The summed E-state index contributed by atoms with van der Waals surface area (Å²) < 4.78 is 45.8. The van der Waals surface area contributed by atoms with Gasteiger partial charge in [0.15, 0.2) is 0 Å². The van der Waals surface area contributed by atoms with E-state index < -0.39 is 22.2 Å². The molecule has 0 spiro atoms. The van der Waals surface area contributed by atoms with Gasteiger partial charge < -0.3 is 9.84 Å². The van der Waals surface area contributed by atoms with Crippen molar-refractivity contribution in [1.82, 2.24) is 9.71 Å². The molecular formula is C18H21FN2O4S. The summed E-state index contributed by atoms with van der Waals surface area (Å²) in [5, 5.41) is 9.56. The Morgan fingerprint density at radius 2 is 1.96 bits per heavy atom. The zero-order valence-corrected chi connectivity index (χ0v) is 14.9. The maximum Gasteiger partial charge on any atom is 0.215 e. The lowest BCUT2D eigenvalue weighted by Gasteiger charge is -2.37. The average molecular weight is 380 g/mol. The van der Waals surface area contributed by atoms with E-state index in [-0.39, 0.29) is 24.1 Å². The highest BCUT2D eigenvalue weighted by atomic mass is 32.2. The molecule has 1 aromatic heterocycles. The maximum absolute atomic E-state index is 12.9. The van der Waals surface area contributed by atoms with Gasteiger partial charge in [0.2, 0.25) is 10.0 Å². The molecule has 0 radical (unpaired) electrons. The van der Waals surface area contributed by atoms with Gasteiger partial charge in [-0.25, -0.2) is 17.5 Å². The van der Waals surface area contributed by atoms with Crippen molar-refractivity contribution >= 4 is 10.0 Å². The Labute approximate surface area is 152 Å². The van der Waals surface area contributed by atoms with E-state index in [1.54, 1.807) is 24.4 Å². The highest BCUT2D eigenvalue weighted by molar-refractivity contribution is 7.89. The second-order valence-corrected chi connectivity index (χ2v) is 8.23. The summed E-state index contributed by atoms with van der Waals surface area (Å²) in [4.78, 5) is 4.25. The standard InChI is InChI=1S/C18H21FN2O4S/c19-14-4-6-16(7-5-14)25-9-10-26(23,24)21-18(13-11-15(22)12-13)17-3-1-2-8-20-17/h1-8,13,15,18,21-22H,9-12H2/t13?,15?,18-/m0/s1. The number of hydrogen-bond donors (Lipinski definition) is 2. The first-order chi connectivity index (χ1) is 12.4. The molecule has 2 aromatic rings. The first-order valence-electron chi connectivity index (χ1n) is 8.40. The number of aliphatic hydroxyl groups is 1. The Morgan fingerprint density at radius 1 is 1.23 bits per heavy atom. The summed E-state index contributed by atoms with van der Waals surface area (Å²) >= 11 is 0. The Bertz CT molecular complexity index is 809. The van der Waals surface area contributed by atoms with Gasteiger partial charge in [0.1, 0.15) is 18.2 Å². The van der Waals surface area contributed by atoms with Gasteiger partial charge in [-0.2, -0.15) is 0 Å². The van der Waals surface area contributed by atoms with Crippen LogP contribution >= 0.6 is 0 Å². The second kappa shape index (κ2) is 8.11. The predicted octanol–water partition coefficient (Wildman–Crippen LogP) is 2.03. The Hall–Kier alpha value is -2.03. The lowest BCUT2D eigenvalue weighted by atomic mass is 9.76. The van der Waals surface area contributed by atoms with Gasteiger partial charge in [0.05, 0.1) is 23.6 Å². The first-order valence-corrected chi connectivity index (χ1v) is 10.1. The number of nitrogens with zero attached hydrogens (tertiary/aromatic N) is 1. The molecule has 0 amide bonds. The van der Waals surface area contributed by atoms with Crippen LogP contribution in [0.15, 0.2) is 48.7 Å². The zero-order valence-electron chi connectivity index (χ0n) is 14.1. The van der Waals surface area contributed by atoms with Crippen molar-refractivity contribution in [2.24, 2.45) is 5.92 Å². The smallest absolute Gasteiger partial charge is 0.215 e. The summed E-state index contributed by atoms with van der Waals surface area (Å²) in [5.74, 6) is -0.201. The lowest BCUT2D eigenvalue weighted by Crippen LogP contribution is -2.42. The zero-order chi connectivity index (χ0) is 18.6. The minimum atomic E-state index is -3.62. The van der Waals surface area contributed by atoms with Gasteiger partial charge in [-0.3, -0.25) is 4.98 Å². The number of rotatable bonds is 8. The van der Waals surface area contributed by atoms with Crippen LogP contribution < -0.4 is 9.46 Å². The molecule has 1 fully saturated rings. The largest absolute Gasteiger partial charge is 0.492 e. The molecule has 0 aliphatic heterocycles. The fourth-order valence-electron chi connectivity index (χ4n) is 2.91. The number of halogens is 1. The Kier molecular flexibility index (Phi) is 5.85. The van der Waals surface area contributed by atoms with Crippen molar-refractivity contribution in [2.75, 3.05) is 12.4 Å². The third-order valence-corrected chi connectivity index (χ3v) is 5.69. The quantitative estimate of drug-likeness (QED) is 0.732. The van der Waals surface area contributed by atoms with Crippen LogP contribution in [0.5, 0.6) is 5.75 Å². The van der Waals surface area contributed by atoms with Crippen molar-refractivity contribution in [3.05, 3.63) is 60.2 Å². The van der Waals surface area contributed by atoms with Gasteiger partial charge in [0, 0.05) is 6.20 Å². The van der Waals surface area contributed by atoms with Gasteiger partial charge in [-0.1, -0.05) is 6.07 Å². The van der Waals surface area contributed by atoms with E-state index in [2.05, 4.69) is 9.71 Å². The molecule has 0 unspecified atom stereocenters. The minimum absolute atomic E-state index is 0.00712. The van der Waals surface area contributed by atoms with E-state index in [9.17, 15) is 17.9 Å². The molecule has 1 saturated carbocycles. The van der Waals surface area contributed by atoms with Crippen LogP contribution in [0.3, 0.4) is 0 Å². The van der Waals surface area contributed by atoms with Crippen LogP contribution in [0.1, 0.15) is 24.6 Å².